The summed E-state index contributed by atoms with van der Waals surface area (Å²) in [6, 6.07) is 0. The third-order valence-electron chi connectivity index (χ3n) is 3.31. The number of unbranched alkanes of at least 4 members (excludes halogenated alkanes) is 4. The van der Waals surface area contributed by atoms with E-state index < -0.39 is 0 Å². The second-order valence-corrected chi connectivity index (χ2v) is 6.18. The van der Waals surface area contributed by atoms with Crippen LogP contribution in [0.25, 0.3) is 0 Å². The zero-order chi connectivity index (χ0) is 15.2. The summed E-state index contributed by atoms with van der Waals surface area (Å²) >= 11 is 0. The standard InChI is InChI=1S/C16H36N4/c1-15(2)11-13-19-16(17-3)18-12-9-7-6-8-10-14-20(4)5/h15H,6-14H2,1-5H3,(H2,17,18,19). The van der Waals surface area contributed by atoms with E-state index in [9.17, 15) is 0 Å². The molecule has 120 valence electrons. The first-order valence-corrected chi connectivity index (χ1v) is 8.15. The van der Waals surface area contributed by atoms with E-state index in [0.717, 1.165) is 25.0 Å². The molecule has 0 bridgehead atoms. The van der Waals surface area contributed by atoms with Crippen molar-refractivity contribution in [3.05, 3.63) is 0 Å². The van der Waals surface area contributed by atoms with Gasteiger partial charge in [-0.1, -0.05) is 33.1 Å². The molecule has 0 unspecified atom stereocenters. The summed E-state index contributed by atoms with van der Waals surface area (Å²) in [4.78, 5) is 6.50. The van der Waals surface area contributed by atoms with Crippen LogP contribution in [0.3, 0.4) is 0 Å². The molecule has 0 aliphatic rings. The normalized spacial score (nSPS) is 12.2. The van der Waals surface area contributed by atoms with Crippen LogP contribution in [0.4, 0.5) is 0 Å². The molecular formula is C16H36N4. The van der Waals surface area contributed by atoms with Crippen LogP contribution in [0.5, 0.6) is 0 Å². The van der Waals surface area contributed by atoms with Crippen LogP contribution in [0.2, 0.25) is 0 Å². The van der Waals surface area contributed by atoms with Crippen LogP contribution < -0.4 is 10.6 Å². The van der Waals surface area contributed by atoms with Crippen molar-refractivity contribution >= 4 is 5.96 Å². The highest BCUT2D eigenvalue weighted by Gasteiger charge is 1.98. The molecule has 0 aromatic carbocycles. The van der Waals surface area contributed by atoms with Crippen LogP contribution in [0.1, 0.15) is 52.4 Å². The molecule has 4 nitrogen and oxygen atoms in total. The number of nitrogens with one attached hydrogen (secondary N) is 2. The summed E-state index contributed by atoms with van der Waals surface area (Å²) in [5.41, 5.74) is 0. The van der Waals surface area contributed by atoms with Crippen LogP contribution in [-0.2, 0) is 0 Å². The fourth-order valence-electron chi connectivity index (χ4n) is 1.99. The van der Waals surface area contributed by atoms with E-state index in [1.807, 2.05) is 7.05 Å². The molecular weight excluding hydrogens is 248 g/mol. The lowest BCUT2D eigenvalue weighted by Crippen LogP contribution is -2.38. The van der Waals surface area contributed by atoms with Gasteiger partial charge in [0.2, 0.25) is 0 Å². The first-order chi connectivity index (χ1) is 9.56. The van der Waals surface area contributed by atoms with E-state index in [1.54, 1.807) is 0 Å². The van der Waals surface area contributed by atoms with E-state index in [4.69, 9.17) is 0 Å². The van der Waals surface area contributed by atoms with Crippen LogP contribution in [0, 0.1) is 5.92 Å². The van der Waals surface area contributed by atoms with Crippen molar-refractivity contribution in [1.82, 2.24) is 15.5 Å². The Morgan fingerprint density at radius 1 is 0.950 bits per heavy atom. The minimum atomic E-state index is 0.739. The van der Waals surface area contributed by atoms with Crippen LogP contribution in [0.15, 0.2) is 4.99 Å². The van der Waals surface area contributed by atoms with Crippen molar-refractivity contribution < 1.29 is 0 Å². The summed E-state index contributed by atoms with van der Waals surface area (Å²) in [7, 11) is 6.12. The third kappa shape index (κ3) is 13.7. The van der Waals surface area contributed by atoms with Crippen molar-refractivity contribution in [2.45, 2.75) is 52.4 Å². The highest BCUT2D eigenvalue weighted by atomic mass is 15.2. The van der Waals surface area contributed by atoms with Gasteiger partial charge in [-0.2, -0.15) is 0 Å². The molecule has 0 saturated heterocycles. The maximum atomic E-state index is 4.24. The van der Waals surface area contributed by atoms with Gasteiger partial charge in [-0.3, -0.25) is 4.99 Å². The lowest BCUT2D eigenvalue weighted by Gasteiger charge is -2.13. The van der Waals surface area contributed by atoms with Gasteiger partial charge in [0.15, 0.2) is 5.96 Å². The molecule has 2 N–H and O–H groups in total. The molecule has 0 atom stereocenters. The Hall–Kier alpha value is -0.770. The van der Waals surface area contributed by atoms with E-state index in [2.05, 4.69) is 48.5 Å². The van der Waals surface area contributed by atoms with Crippen LogP contribution in [-0.4, -0.2) is 51.6 Å². The average Bonchev–Trinajstić information content (AvgIpc) is 2.38. The fraction of sp³-hybridized carbons (Fsp3) is 0.938. The molecule has 0 fully saturated rings. The van der Waals surface area contributed by atoms with Gasteiger partial charge >= 0.3 is 0 Å². The summed E-state index contributed by atoms with van der Waals surface area (Å²) < 4.78 is 0. The van der Waals surface area contributed by atoms with Crippen molar-refractivity contribution in [2.75, 3.05) is 40.8 Å². The molecule has 4 heteroatoms. The van der Waals surface area contributed by atoms with Crippen molar-refractivity contribution in [1.29, 1.82) is 0 Å². The van der Waals surface area contributed by atoms with Crippen molar-refractivity contribution in [2.24, 2.45) is 10.9 Å². The lowest BCUT2D eigenvalue weighted by atomic mass is 10.1. The number of hydrogen-bond acceptors (Lipinski definition) is 2. The monoisotopic (exact) mass is 284 g/mol. The molecule has 20 heavy (non-hydrogen) atoms. The van der Waals surface area contributed by atoms with Gasteiger partial charge in [-0.05, 0) is 45.8 Å². The Kier molecular flexibility index (Phi) is 12.7. The first kappa shape index (κ1) is 19.2. The van der Waals surface area contributed by atoms with E-state index in [1.165, 1.54) is 45.1 Å². The summed E-state index contributed by atoms with van der Waals surface area (Å²) in [5, 5.41) is 6.74. The van der Waals surface area contributed by atoms with Gasteiger partial charge in [-0.15, -0.1) is 0 Å². The average molecular weight is 284 g/mol. The van der Waals surface area contributed by atoms with Gasteiger partial charge in [0.25, 0.3) is 0 Å². The maximum Gasteiger partial charge on any atom is 0.190 e. The highest BCUT2D eigenvalue weighted by Crippen LogP contribution is 2.02. The predicted octanol–water partition coefficient (Wildman–Crippen LogP) is 2.71. The zero-order valence-electron chi connectivity index (χ0n) is 14.3. The summed E-state index contributed by atoms with van der Waals surface area (Å²) in [6.07, 6.45) is 7.73. The summed E-state index contributed by atoms with van der Waals surface area (Å²) in [5.74, 6) is 1.68. The smallest absolute Gasteiger partial charge is 0.190 e. The van der Waals surface area contributed by atoms with Crippen molar-refractivity contribution in [3.63, 3.8) is 0 Å². The number of guanidine groups is 1. The molecule has 0 rings (SSSR count). The molecule has 0 radical (unpaired) electrons. The lowest BCUT2D eigenvalue weighted by molar-refractivity contribution is 0.389. The first-order valence-electron chi connectivity index (χ1n) is 8.15. The number of nitrogens with zero attached hydrogens (tertiary/aromatic N) is 2. The molecule has 0 aliphatic heterocycles. The minimum Gasteiger partial charge on any atom is -0.356 e. The SMILES string of the molecule is CN=C(NCCCCCCCN(C)C)NCCC(C)C. The molecule has 0 aromatic rings. The van der Waals surface area contributed by atoms with Gasteiger partial charge in [0, 0.05) is 20.1 Å². The van der Waals surface area contributed by atoms with E-state index in [0.29, 0.717) is 0 Å². The second kappa shape index (κ2) is 13.2. The highest BCUT2D eigenvalue weighted by molar-refractivity contribution is 5.79. The third-order valence-corrected chi connectivity index (χ3v) is 3.31. The molecule has 0 amide bonds. The summed E-state index contributed by atoms with van der Waals surface area (Å²) in [6.45, 7) is 7.73. The Morgan fingerprint density at radius 2 is 1.55 bits per heavy atom. The number of aliphatic imine (C=N–C) groups is 1. The molecule has 0 spiro atoms. The van der Waals surface area contributed by atoms with Crippen LogP contribution >= 0.6 is 0 Å². The van der Waals surface area contributed by atoms with Gasteiger partial charge < -0.3 is 15.5 Å². The predicted molar refractivity (Wildman–Crippen MR) is 90.5 cm³/mol. The fourth-order valence-corrected chi connectivity index (χ4v) is 1.99. The Morgan fingerprint density at radius 3 is 2.15 bits per heavy atom. The van der Waals surface area contributed by atoms with Crippen molar-refractivity contribution in [3.8, 4) is 0 Å². The number of rotatable bonds is 11. The minimum absolute atomic E-state index is 0.739. The molecule has 0 heterocycles. The Labute approximate surface area is 126 Å². The quantitative estimate of drug-likeness (QED) is 0.348. The number of hydrogen-bond donors (Lipinski definition) is 2. The van der Waals surface area contributed by atoms with Gasteiger partial charge in [0.05, 0.1) is 0 Å². The zero-order valence-corrected chi connectivity index (χ0v) is 14.3. The Balaban J connectivity index is 3.38. The van der Waals surface area contributed by atoms with Gasteiger partial charge in [0.1, 0.15) is 0 Å². The van der Waals surface area contributed by atoms with E-state index >= 15 is 0 Å². The Bertz CT molecular complexity index is 237. The van der Waals surface area contributed by atoms with Gasteiger partial charge in [-0.25, -0.2) is 0 Å². The maximum absolute atomic E-state index is 4.24. The topological polar surface area (TPSA) is 39.7 Å². The van der Waals surface area contributed by atoms with E-state index in [-0.39, 0.29) is 0 Å². The largest absolute Gasteiger partial charge is 0.356 e. The second-order valence-electron chi connectivity index (χ2n) is 6.18. The molecule has 0 aliphatic carbocycles. The molecule has 0 aromatic heterocycles. The molecule has 0 saturated carbocycles.